The van der Waals surface area contributed by atoms with Crippen LogP contribution < -0.4 is 0 Å². The molecular formula is C13H12ClFN2. The number of rotatable bonds is 3. The van der Waals surface area contributed by atoms with Gasteiger partial charge in [-0.15, -0.1) is 0 Å². The summed E-state index contributed by atoms with van der Waals surface area (Å²) in [7, 11) is 0. The molecule has 1 aliphatic carbocycles. The van der Waals surface area contributed by atoms with Crippen molar-refractivity contribution < 1.29 is 4.39 Å². The molecular weight excluding hydrogens is 239 g/mol. The summed E-state index contributed by atoms with van der Waals surface area (Å²) in [5.74, 6) is 0.468. The normalized spacial score (nSPS) is 15.2. The minimum atomic E-state index is -0.316. The molecule has 1 heterocycles. The minimum Gasteiger partial charge on any atom is -0.272 e. The van der Waals surface area contributed by atoms with E-state index in [2.05, 4.69) is 5.10 Å². The molecule has 2 aromatic rings. The van der Waals surface area contributed by atoms with E-state index in [0.29, 0.717) is 5.02 Å². The van der Waals surface area contributed by atoms with Crippen molar-refractivity contribution in [1.82, 2.24) is 9.78 Å². The third-order valence-corrected chi connectivity index (χ3v) is 3.33. The van der Waals surface area contributed by atoms with E-state index < -0.39 is 0 Å². The van der Waals surface area contributed by atoms with Gasteiger partial charge in [-0.2, -0.15) is 5.10 Å². The maximum atomic E-state index is 12.9. The number of nitrogens with zero attached hydrogens (tertiary/aromatic N) is 2. The lowest BCUT2D eigenvalue weighted by molar-refractivity contribution is 0.563. The molecule has 0 saturated heterocycles. The molecule has 1 aromatic heterocycles. The Morgan fingerprint density at radius 3 is 2.94 bits per heavy atom. The van der Waals surface area contributed by atoms with Crippen LogP contribution in [0.2, 0.25) is 5.02 Å². The molecule has 1 fully saturated rings. The molecule has 0 N–H and O–H groups in total. The van der Waals surface area contributed by atoms with Crippen molar-refractivity contribution in [2.75, 3.05) is 0 Å². The van der Waals surface area contributed by atoms with E-state index >= 15 is 0 Å². The average Bonchev–Trinajstić information content (AvgIpc) is 2.96. The smallest absolute Gasteiger partial charge is 0.124 e. The first-order valence-electron chi connectivity index (χ1n) is 5.70. The quantitative estimate of drug-likeness (QED) is 0.811. The minimum absolute atomic E-state index is 0.316. The van der Waals surface area contributed by atoms with Gasteiger partial charge in [0.2, 0.25) is 0 Å². The first-order chi connectivity index (χ1) is 8.22. The fraction of sp³-hybridized carbons (Fsp3) is 0.308. The molecule has 0 atom stereocenters. The van der Waals surface area contributed by atoms with Gasteiger partial charge < -0.3 is 0 Å². The van der Waals surface area contributed by atoms with Gasteiger partial charge in [0.25, 0.3) is 0 Å². The lowest BCUT2D eigenvalue weighted by Crippen LogP contribution is -1.98. The van der Waals surface area contributed by atoms with Gasteiger partial charge >= 0.3 is 0 Å². The standard InChI is InChI=1S/C13H12ClFN2/c14-13-5-11(15)3-4-12(13)10-6-16-17(8-10)7-9-1-2-9/h3-6,8-9H,1-2,7H2. The van der Waals surface area contributed by atoms with Crippen LogP contribution in [0.5, 0.6) is 0 Å². The first-order valence-corrected chi connectivity index (χ1v) is 6.08. The predicted molar refractivity (Wildman–Crippen MR) is 65.4 cm³/mol. The highest BCUT2D eigenvalue weighted by Gasteiger charge is 2.22. The Balaban J connectivity index is 1.89. The highest BCUT2D eigenvalue weighted by atomic mass is 35.5. The second kappa shape index (κ2) is 4.15. The van der Waals surface area contributed by atoms with Gasteiger partial charge in [-0.1, -0.05) is 11.6 Å². The van der Waals surface area contributed by atoms with Crippen LogP contribution in [0.4, 0.5) is 4.39 Å². The van der Waals surface area contributed by atoms with Crippen molar-refractivity contribution in [3.8, 4) is 11.1 Å². The fourth-order valence-electron chi connectivity index (χ4n) is 1.89. The van der Waals surface area contributed by atoms with E-state index in [1.54, 1.807) is 12.3 Å². The monoisotopic (exact) mass is 250 g/mol. The number of hydrogen-bond acceptors (Lipinski definition) is 1. The summed E-state index contributed by atoms with van der Waals surface area (Å²) in [6, 6.07) is 4.44. The van der Waals surface area contributed by atoms with Crippen LogP contribution in [0, 0.1) is 11.7 Å². The first kappa shape index (κ1) is 10.8. The van der Waals surface area contributed by atoms with Crippen LogP contribution in [-0.4, -0.2) is 9.78 Å². The van der Waals surface area contributed by atoms with E-state index in [4.69, 9.17) is 11.6 Å². The van der Waals surface area contributed by atoms with E-state index in [1.165, 1.54) is 25.0 Å². The summed E-state index contributed by atoms with van der Waals surface area (Å²) in [5, 5.41) is 4.73. The predicted octanol–water partition coefficient (Wildman–Crippen LogP) is 3.75. The number of hydrogen-bond donors (Lipinski definition) is 0. The highest BCUT2D eigenvalue weighted by Crippen LogP contribution is 2.32. The molecule has 17 heavy (non-hydrogen) atoms. The second-order valence-corrected chi connectivity index (χ2v) is 4.93. The zero-order valence-corrected chi connectivity index (χ0v) is 9.99. The topological polar surface area (TPSA) is 17.8 Å². The van der Waals surface area contributed by atoms with Crippen molar-refractivity contribution in [2.24, 2.45) is 5.92 Å². The lowest BCUT2D eigenvalue weighted by atomic mass is 10.1. The fourth-order valence-corrected chi connectivity index (χ4v) is 2.17. The molecule has 3 rings (SSSR count). The Hall–Kier alpha value is -1.35. The summed E-state index contributed by atoms with van der Waals surface area (Å²) in [5.41, 5.74) is 1.77. The van der Waals surface area contributed by atoms with E-state index in [0.717, 1.165) is 23.6 Å². The second-order valence-electron chi connectivity index (χ2n) is 4.52. The lowest BCUT2D eigenvalue weighted by Gasteiger charge is -2.01. The van der Waals surface area contributed by atoms with Crippen LogP contribution in [0.3, 0.4) is 0 Å². The molecule has 1 aliphatic rings. The van der Waals surface area contributed by atoms with Crippen LogP contribution in [0.1, 0.15) is 12.8 Å². The van der Waals surface area contributed by atoms with Crippen LogP contribution in [-0.2, 0) is 6.54 Å². The summed E-state index contributed by atoms with van der Waals surface area (Å²) in [4.78, 5) is 0. The van der Waals surface area contributed by atoms with Crippen molar-refractivity contribution >= 4 is 11.6 Å². The number of halogens is 2. The molecule has 1 aromatic carbocycles. The molecule has 0 spiro atoms. The average molecular weight is 251 g/mol. The summed E-state index contributed by atoms with van der Waals surface area (Å²) < 4.78 is 14.9. The maximum absolute atomic E-state index is 12.9. The van der Waals surface area contributed by atoms with Gasteiger partial charge in [-0.25, -0.2) is 4.39 Å². The molecule has 0 aliphatic heterocycles. The van der Waals surface area contributed by atoms with Crippen molar-refractivity contribution in [3.63, 3.8) is 0 Å². The van der Waals surface area contributed by atoms with Crippen molar-refractivity contribution in [3.05, 3.63) is 41.4 Å². The zero-order chi connectivity index (χ0) is 11.8. The van der Waals surface area contributed by atoms with Crippen molar-refractivity contribution in [1.29, 1.82) is 0 Å². The van der Waals surface area contributed by atoms with Gasteiger partial charge in [-0.3, -0.25) is 4.68 Å². The Bertz CT molecular complexity index is 546. The SMILES string of the molecule is Fc1ccc(-c2cnn(CC3CC3)c2)c(Cl)c1. The number of benzene rings is 1. The summed E-state index contributed by atoms with van der Waals surface area (Å²) in [6.07, 6.45) is 6.35. The molecule has 1 saturated carbocycles. The van der Waals surface area contributed by atoms with Gasteiger partial charge in [0.15, 0.2) is 0 Å². The molecule has 88 valence electrons. The van der Waals surface area contributed by atoms with E-state index in [-0.39, 0.29) is 5.82 Å². The van der Waals surface area contributed by atoms with Crippen molar-refractivity contribution in [2.45, 2.75) is 19.4 Å². The Morgan fingerprint density at radius 2 is 2.24 bits per heavy atom. The van der Waals surface area contributed by atoms with Gasteiger partial charge in [0.1, 0.15) is 5.82 Å². The van der Waals surface area contributed by atoms with E-state index in [9.17, 15) is 4.39 Å². The summed E-state index contributed by atoms with van der Waals surface area (Å²) in [6.45, 7) is 0.971. The summed E-state index contributed by atoms with van der Waals surface area (Å²) >= 11 is 6.01. The Morgan fingerprint density at radius 1 is 1.41 bits per heavy atom. The number of aromatic nitrogens is 2. The molecule has 0 bridgehead atoms. The molecule has 0 radical (unpaired) electrons. The Kier molecular flexibility index (Phi) is 2.63. The third kappa shape index (κ3) is 2.34. The van der Waals surface area contributed by atoms with Gasteiger partial charge in [0, 0.05) is 23.9 Å². The molecule has 0 unspecified atom stereocenters. The zero-order valence-electron chi connectivity index (χ0n) is 9.24. The maximum Gasteiger partial charge on any atom is 0.124 e. The van der Waals surface area contributed by atoms with Crippen LogP contribution >= 0.6 is 11.6 Å². The highest BCUT2D eigenvalue weighted by molar-refractivity contribution is 6.33. The van der Waals surface area contributed by atoms with Crippen LogP contribution in [0.15, 0.2) is 30.6 Å². The van der Waals surface area contributed by atoms with Gasteiger partial charge in [0.05, 0.1) is 11.2 Å². The van der Waals surface area contributed by atoms with Crippen LogP contribution in [0.25, 0.3) is 11.1 Å². The van der Waals surface area contributed by atoms with Gasteiger partial charge in [-0.05, 0) is 37.0 Å². The third-order valence-electron chi connectivity index (χ3n) is 3.02. The molecule has 0 amide bonds. The largest absolute Gasteiger partial charge is 0.272 e. The van der Waals surface area contributed by atoms with E-state index in [1.807, 2.05) is 10.9 Å². The molecule has 2 nitrogen and oxygen atoms in total. The molecule has 4 heteroatoms. The Labute approximate surface area is 104 Å².